The molecule has 43 heavy (non-hydrogen) atoms. The Balaban J connectivity index is 1.31. The van der Waals surface area contributed by atoms with Crippen LogP contribution in [0.5, 0.6) is 0 Å². The van der Waals surface area contributed by atoms with E-state index in [-0.39, 0.29) is 0 Å². The maximum Gasteiger partial charge on any atom is 0.0462 e. The Labute approximate surface area is 252 Å². The second-order valence-corrected chi connectivity index (χ2v) is 9.57. The lowest BCUT2D eigenvalue weighted by Gasteiger charge is -2.25. The summed E-state index contributed by atoms with van der Waals surface area (Å²) in [6, 6.07) is 42.6. The molecule has 0 N–H and O–H groups in total. The fraction of sp³-hybridized carbons (Fsp3) is 0. The van der Waals surface area contributed by atoms with Crippen LogP contribution in [-0.4, -0.2) is 9.97 Å². The molecule has 0 atom stereocenters. The van der Waals surface area contributed by atoms with Crippen LogP contribution in [-0.2, 0) is 0 Å². The molecule has 0 amide bonds. The van der Waals surface area contributed by atoms with Gasteiger partial charge in [0, 0.05) is 75.2 Å². The number of hydrogen-bond acceptors (Lipinski definition) is 3. The summed E-state index contributed by atoms with van der Waals surface area (Å²) in [5.74, 6) is 19.6. The Morgan fingerprint density at radius 2 is 0.651 bits per heavy atom. The zero-order valence-electron chi connectivity index (χ0n) is 23.3. The molecule has 0 fully saturated rings. The van der Waals surface area contributed by atoms with Gasteiger partial charge >= 0.3 is 0 Å². The Hall–Kier alpha value is -6.34. The molecule has 0 bridgehead atoms. The molecule has 0 aliphatic carbocycles. The van der Waals surface area contributed by atoms with Gasteiger partial charge in [0.05, 0.1) is 0 Å². The van der Waals surface area contributed by atoms with Gasteiger partial charge in [0.15, 0.2) is 0 Å². The Morgan fingerprint density at radius 1 is 0.326 bits per heavy atom. The van der Waals surface area contributed by atoms with Gasteiger partial charge in [0.2, 0.25) is 0 Å². The fourth-order valence-corrected chi connectivity index (χ4v) is 4.44. The van der Waals surface area contributed by atoms with Crippen molar-refractivity contribution < 1.29 is 0 Å². The molecule has 0 radical (unpaired) electrons. The summed E-state index contributed by atoms with van der Waals surface area (Å²) in [7, 11) is 0. The minimum Gasteiger partial charge on any atom is -0.311 e. The lowest BCUT2D eigenvalue weighted by atomic mass is 10.0. The second kappa shape index (κ2) is 13.3. The quantitative estimate of drug-likeness (QED) is 0.209. The number of benzene rings is 4. The first-order valence-corrected chi connectivity index (χ1v) is 13.8. The molecular formula is C40H25N3. The molecule has 0 saturated heterocycles. The minimum absolute atomic E-state index is 0.847. The average molecular weight is 548 g/mol. The van der Waals surface area contributed by atoms with Gasteiger partial charge in [-0.3, -0.25) is 9.97 Å². The maximum absolute atomic E-state index is 4.07. The van der Waals surface area contributed by atoms with Crippen LogP contribution in [0.2, 0.25) is 0 Å². The van der Waals surface area contributed by atoms with E-state index < -0.39 is 0 Å². The zero-order valence-corrected chi connectivity index (χ0v) is 23.3. The van der Waals surface area contributed by atoms with Crippen LogP contribution in [0.25, 0.3) is 0 Å². The third-order valence-electron chi connectivity index (χ3n) is 6.50. The van der Waals surface area contributed by atoms with E-state index in [1.165, 1.54) is 0 Å². The van der Waals surface area contributed by atoms with Crippen molar-refractivity contribution in [3.8, 4) is 35.5 Å². The molecule has 2 heterocycles. The first-order chi connectivity index (χ1) is 21.3. The van der Waals surface area contributed by atoms with Crippen LogP contribution in [0, 0.1) is 35.5 Å². The van der Waals surface area contributed by atoms with Gasteiger partial charge in [-0.25, -0.2) is 0 Å². The van der Waals surface area contributed by atoms with Crippen LogP contribution >= 0.6 is 0 Å². The number of nitrogens with zero attached hydrogens (tertiary/aromatic N) is 3. The van der Waals surface area contributed by atoms with Gasteiger partial charge in [-0.15, -0.1) is 0 Å². The molecule has 0 aliphatic rings. The summed E-state index contributed by atoms with van der Waals surface area (Å²) in [4.78, 5) is 10.4. The van der Waals surface area contributed by atoms with Crippen molar-refractivity contribution in [3.05, 3.63) is 186 Å². The van der Waals surface area contributed by atoms with Crippen LogP contribution in [0.3, 0.4) is 0 Å². The van der Waals surface area contributed by atoms with E-state index in [0.29, 0.717) is 0 Å². The smallest absolute Gasteiger partial charge is 0.0462 e. The topological polar surface area (TPSA) is 29.0 Å². The Bertz CT molecular complexity index is 1890. The molecular weight excluding hydrogens is 522 g/mol. The molecule has 4 aromatic carbocycles. The SMILES string of the molecule is C(#Cc1cc(C#Cc2ccncc2)cc(C#Cc2ccc(N(c3ccccc3)c3ccccc3)cc2)c1)c1ccncc1. The number of hydrogen-bond donors (Lipinski definition) is 0. The molecule has 0 spiro atoms. The summed E-state index contributed by atoms with van der Waals surface area (Å²) in [6.07, 6.45) is 6.95. The number of aromatic nitrogens is 2. The molecule has 6 rings (SSSR count). The summed E-state index contributed by atoms with van der Waals surface area (Å²) >= 11 is 0. The van der Waals surface area contributed by atoms with E-state index in [1.54, 1.807) is 24.8 Å². The summed E-state index contributed by atoms with van der Waals surface area (Å²) in [5, 5.41) is 0. The summed E-state index contributed by atoms with van der Waals surface area (Å²) in [6.45, 7) is 0. The van der Waals surface area contributed by atoms with Crippen molar-refractivity contribution in [1.29, 1.82) is 0 Å². The van der Waals surface area contributed by atoms with Gasteiger partial charge in [0.1, 0.15) is 0 Å². The lowest BCUT2D eigenvalue weighted by Crippen LogP contribution is -2.09. The minimum atomic E-state index is 0.847. The largest absolute Gasteiger partial charge is 0.311 e. The molecule has 2 aromatic heterocycles. The Kier molecular flexibility index (Phi) is 8.34. The molecule has 0 unspecified atom stereocenters. The van der Waals surface area contributed by atoms with Crippen molar-refractivity contribution in [2.24, 2.45) is 0 Å². The van der Waals surface area contributed by atoms with E-state index in [9.17, 15) is 0 Å². The van der Waals surface area contributed by atoms with Gasteiger partial charge in [-0.05, 0) is 91.0 Å². The molecule has 3 nitrogen and oxygen atoms in total. The third kappa shape index (κ3) is 7.25. The standard InChI is InChI=1S/C40H25N3/c1-3-7-38(8-4-1)43(39-9-5-2-6-10-39)40-19-17-32(18-20-40)11-14-35-29-36(15-12-33-21-25-41-26-22-33)31-37(30-35)16-13-34-23-27-42-28-24-34/h1-10,17-31H. The van der Waals surface area contributed by atoms with Crippen molar-refractivity contribution in [2.75, 3.05) is 4.90 Å². The van der Waals surface area contributed by atoms with E-state index >= 15 is 0 Å². The number of rotatable bonds is 3. The van der Waals surface area contributed by atoms with E-state index in [2.05, 4.69) is 123 Å². The van der Waals surface area contributed by atoms with Crippen LogP contribution < -0.4 is 4.90 Å². The first-order valence-electron chi connectivity index (χ1n) is 13.8. The number of pyridine rings is 2. The molecule has 0 saturated carbocycles. The highest BCUT2D eigenvalue weighted by Crippen LogP contribution is 2.34. The van der Waals surface area contributed by atoms with E-state index in [4.69, 9.17) is 0 Å². The summed E-state index contributed by atoms with van der Waals surface area (Å²) < 4.78 is 0. The van der Waals surface area contributed by atoms with Gasteiger partial charge in [-0.1, -0.05) is 71.9 Å². The van der Waals surface area contributed by atoms with E-state index in [1.807, 2.05) is 54.6 Å². The van der Waals surface area contributed by atoms with Gasteiger partial charge < -0.3 is 4.90 Å². The fourth-order valence-electron chi connectivity index (χ4n) is 4.44. The van der Waals surface area contributed by atoms with Crippen molar-refractivity contribution in [1.82, 2.24) is 9.97 Å². The lowest BCUT2D eigenvalue weighted by molar-refractivity contribution is 1.28. The Morgan fingerprint density at radius 3 is 1.05 bits per heavy atom. The molecule has 3 heteroatoms. The number of para-hydroxylation sites is 2. The predicted octanol–water partition coefficient (Wildman–Crippen LogP) is 8.15. The molecule has 0 aliphatic heterocycles. The van der Waals surface area contributed by atoms with Crippen LogP contribution in [0.4, 0.5) is 17.1 Å². The third-order valence-corrected chi connectivity index (χ3v) is 6.50. The average Bonchev–Trinajstić information content (AvgIpc) is 3.08. The normalized spacial score (nSPS) is 9.77. The summed E-state index contributed by atoms with van der Waals surface area (Å²) in [5.41, 5.74) is 8.51. The predicted molar refractivity (Wildman–Crippen MR) is 174 cm³/mol. The monoisotopic (exact) mass is 547 g/mol. The molecule has 6 aromatic rings. The highest BCUT2D eigenvalue weighted by molar-refractivity contribution is 5.76. The highest BCUT2D eigenvalue weighted by Gasteiger charge is 2.11. The van der Waals surface area contributed by atoms with Crippen molar-refractivity contribution in [3.63, 3.8) is 0 Å². The highest BCUT2D eigenvalue weighted by atomic mass is 15.1. The zero-order chi connectivity index (χ0) is 29.1. The van der Waals surface area contributed by atoms with Crippen LogP contribution in [0.15, 0.2) is 152 Å². The first kappa shape index (κ1) is 26.9. The van der Waals surface area contributed by atoms with Gasteiger partial charge in [0.25, 0.3) is 0 Å². The molecule has 200 valence electrons. The van der Waals surface area contributed by atoms with Crippen LogP contribution in [0.1, 0.15) is 33.4 Å². The van der Waals surface area contributed by atoms with E-state index in [0.717, 1.165) is 50.4 Å². The maximum atomic E-state index is 4.07. The van der Waals surface area contributed by atoms with Crippen molar-refractivity contribution >= 4 is 17.1 Å². The van der Waals surface area contributed by atoms with Crippen molar-refractivity contribution in [2.45, 2.75) is 0 Å². The number of anilines is 3. The second-order valence-electron chi connectivity index (χ2n) is 9.57. The van der Waals surface area contributed by atoms with Gasteiger partial charge in [-0.2, -0.15) is 0 Å².